The summed E-state index contributed by atoms with van der Waals surface area (Å²) in [5, 5.41) is 24.1. The van der Waals surface area contributed by atoms with Gasteiger partial charge in [-0.25, -0.2) is 4.85 Å². The van der Waals surface area contributed by atoms with E-state index in [1.807, 2.05) is 72.8 Å². The highest BCUT2D eigenvalue weighted by atomic mass is 15.0. The molecule has 9 rings (SSSR count). The summed E-state index contributed by atoms with van der Waals surface area (Å²) in [6.07, 6.45) is 0. The minimum Gasteiger partial charge on any atom is -0.309 e. The number of nitrogens with zero attached hydrogens (tertiary/aromatic N) is 5. The average molecular weight is 636 g/mol. The van der Waals surface area contributed by atoms with Crippen LogP contribution in [0.15, 0.2) is 152 Å². The van der Waals surface area contributed by atoms with Crippen LogP contribution in [0.5, 0.6) is 0 Å². The fourth-order valence-corrected chi connectivity index (χ4v) is 7.45. The van der Waals surface area contributed by atoms with Crippen molar-refractivity contribution in [1.29, 1.82) is 10.5 Å². The van der Waals surface area contributed by atoms with Crippen molar-refractivity contribution in [3.63, 3.8) is 0 Å². The molecule has 5 heteroatoms. The highest BCUT2D eigenvalue weighted by Crippen LogP contribution is 2.43. The first-order valence-electron chi connectivity index (χ1n) is 16.3. The SMILES string of the molecule is [C-]#[N+]c1ccc(-n2c3ccccc3c3cc(C#N)ccc32)cc1-c1ccccc1-c1cc(C#N)ccc1-n1c2ccccc2c2ccccc21. The quantitative estimate of drug-likeness (QED) is 0.181. The lowest BCUT2D eigenvalue weighted by atomic mass is 9.91. The summed E-state index contributed by atoms with van der Waals surface area (Å²) < 4.78 is 4.48. The fourth-order valence-electron chi connectivity index (χ4n) is 7.45. The van der Waals surface area contributed by atoms with Crippen molar-refractivity contribution >= 4 is 49.3 Å². The summed E-state index contributed by atoms with van der Waals surface area (Å²) in [4.78, 5) is 3.99. The molecule has 0 aliphatic carbocycles. The molecule has 0 bridgehead atoms. The first kappa shape index (κ1) is 28.8. The normalized spacial score (nSPS) is 11.1. The Bertz CT molecular complexity index is 2920. The van der Waals surface area contributed by atoms with E-state index in [0.717, 1.165) is 77.2 Å². The molecule has 2 aromatic heterocycles. The summed E-state index contributed by atoms with van der Waals surface area (Å²) >= 11 is 0. The molecule has 0 radical (unpaired) electrons. The summed E-state index contributed by atoms with van der Waals surface area (Å²) in [6, 6.07) is 55.4. The number of fused-ring (bicyclic) bond motifs is 6. The van der Waals surface area contributed by atoms with Gasteiger partial charge in [0, 0.05) is 32.8 Å². The van der Waals surface area contributed by atoms with Crippen LogP contribution in [0, 0.1) is 29.2 Å². The zero-order valence-electron chi connectivity index (χ0n) is 26.7. The molecule has 0 spiro atoms. The molecule has 0 aliphatic heterocycles. The van der Waals surface area contributed by atoms with E-state index in [9.17, 15) is 10.5 Å². The second-order valence-corrected chi connectivity index (χ2v) is 12.3. The summed E-state index contributed by atoms with van der Waals surface area (Å²) in [5.74, 6) is 0. The number of hydrogen-bond acceptors (Lipinski definition) is 2. The summed E-state index contributed by atoms with van der Waals surface area (Å²) in [6.45, 7) is 8.20. The van der Waals surface area contributed by atoms with E-state index in [2.05, 4.69) is 105 Å². The highest BCUT2D eigenvalue weighted by Gasteiger charge is 2.20. The highest BCUT2D eigenvalue weighted by molar-refractivity contribution is 6.11. The molecule has 0 atom stereocenters. The second-order valence-electron chi connectivity index (χ2n) is 12.3. The number of nitriles is 2. The first-order valence-corrected chi connectivity index (χ1v) is 16.3. The van der Waals surface area contributed by atoms with Crippen LogP contribution in [-0.2, 0) is 0 Å². The Hall–Kier alpha value is -7.39. The Balaban J connectivity index is 1.32. The van der Waals surface area contributed by atoms with Gasteiger partial charge < -0.3 is 9.13 Å². The Morgan fingerprint density at radius 2 is 0.960 bits per heavy atom. The predicted octanol–water partition coefficient (Wildman–Crippen LogP) is 11.5. The molecular weight excluding hydrogens is 611 g/mol. The number of aromatic nitrogens is 2. The lowest BCUT2D eigenvalue weighted by Gasteiger charge is -2.19. The van der Waals surface area contributed by atoms with Gasteiger partial charge in [-0.2, -0.15) is 10.5 Å². The van der Waals surface area contributed by atoms with Gasteiger partial charge in [-0.05, 0) is 83.4 Å². The molecule has 0 saturated carbocycles. The molecule has 0 aliphatic rings. The van der Waals surface area contributed by atoms with E-state index in [4.69, 9.17) is 6.57 Å². The maximum Gasteiger partial charge on any atom is 0.195 e. The van der Waals surface area contributed by atoms with Gasteiger partial charge in [0.05, 0.1) is 57.6 Å². The van der Waals surface area contributed by atoms with Gasteiger partial charge >= 0.3 is 0 Å². The third-order valence-electron chi connectivity index (χ3n) is 9.61. The lowest BCUT2D eigenvalue weighted by molar-refractivity contribution is 1.18. The average Bonchev–Trinajstić information content (AvgIpc) is 3.70. The van der Waals surface area contributed by atoms with Gasteiger partial charge in [-0.3, -0.25) is 0 Å². The third kappa shape index (κ3) is 4.31. The molecule has 0 fully saturated rings. The van der Waals surface area contributed by atoms with E-state index in [0.29, 0.717) is 16.8 Å². The van der Waals surface area contributed by atoms with Gasteiger partial charge in [-0.15, -0.1) is 0 Å². The molecule has 7 aromatic carbocycles. The van der Waals surface area contributed by atoms with Crippen LogP contribution in [-0.4, -0.2) is 9.13 Å². The van der Waals surface area contributed by atoms with Crippen LogP contribution in [0.4, 0.5) is 5.69 Å². The van der Waals surface area contributed by atoms with Gasteiger partial charge in [0.2, 0.25) is 0 Å². The van der Waals surface area contributed by atoms with Gasteiger partial charge in [0.25, 0.3) is 0 Å². The van der Waals surface area contributed by atoms with Crippen LogP contribution in [0.25, 0.3) is 82.1 Å². The van der Waals surface area contributed by atoms with Crippen molar-refractivity contribution in [3.8, 4) is 45.8 Å². The van der Waals surface area contributed by atoms with Crippen molar-refractivity contribution in [3.05, 3.63) is 174 Å². The van der Waals surface area contributed by atoms with E-state index >= 15 is 0 Å². The number of hydrogen-bond donors (Lipinski definition) is 0. The number of rotatable bonds is 4. The van der Waals surface area contributed by atoms with Crippen LogP contribution in [0.3, 0.4) is 0 Å². The second kappa shape index (κ2) is 11.4. The zero-order valence-corrected chi connectivity index (χ0v) is 26.7. The first-order chi connectivity index (χ1) is 24.7. The van der Waals surface area contributed by atoms with Crippen molar-refractivity contribution in [2.75, 3.05) is 0 Å². The third-order valence-corrected chi connectivity index (χ3v) is 9.61. The van der Waals surface area contributed by atoms with Crippen LogP contribution >= 0.6 is 0 Å². The van der Waals surface area contributed by atoms with Crippen LogP contribution < -0.4 is 0 Å². The Morgan fingerprint density at radius 3 is 1.60 bits per heavy atom. The molecular formula is C45H25N5. The van der Waals surface area contributed by atoms with Crippen molar-refractivity contribution in [2.24, 2.45) is 0 Å². The van der Waals surface area contributed by atoms with Crippen molar-refractivity contribution in [2.45, 2.75) is 0 Å². The molecule has 9 aromatic rings. The lowest BCUT2D eigenvalue weighted by Crippen LogP contribution is -1.99. The van der Waals surface area contributed by atoms with Gasteiger partial charge in [-0.1, -0.05) is 84.9 Å². The Kier molecular flexibility index (Phi) is 6.56. The molecule has 0 unspecified atom stereocenters. The predicted molar refractivity (Wildman–Crippen MR) is 202 cm³/mol. The number of para-hydroxylation sites is 3. The van der Waals surface area contributed by atoms with Crippen LogP contribution in [0.1, 0.15) is 11.1 Å². The molecule has 5 nitrogen and oxygen atoms in total. The molecule has 230 valence electrons. The van der Waals surface area contributed by atoms with Gasteiger partial charge in [0.15, 0.2) is 5.69 Å². The monoisotopic (exact) mass is 635 g/mol. The maximum absolute atomic E-state index is 10.1. The van der Waals surface area contributed by atoms with E-state index in [1.165, 1.54) is 0 Å². The summed E-state index contributed by atoms with van der Waals surface area (Å²) in [5.41, 5.74) is 11.2. The fraction of sp³-hybridized carbons (Fsp3) is 0. The molecule has 2 heterocycles. The van der Waals surface area contributed by atoms with E-state index in [1.54, 1.807) is 0 Å². The largest absolute Gasteiger partial charge is 0.309 e. The van der Waals surface area contributed by atoms with Crippen LogP contribution in [0.2, 0.25) is 0 Å². The Morgan fingerprint density at radius 1 is 0.440 bits per heavy atom. The maximum atomic E-state index is 10.1. The van der Waals surface area contributed by atoms with Crippen molar-refractivity contribution in [1.82, 2.24) is 9.13 Å². The smallest absolute Gasteiger partial charge is 0.195 e. The molecule has 0 amide bonds. The standard InChI is InChI=1S/C45H25N5/c1-48-40-21-20-31(49-41-15-7-6-14-36(41)39-25-30(28-47)18-22-44(39)49)26-37(40)32-10-2-3-11-33(32)38-24-29(27-46)19-23-45(38)50-42-16-8-4-12-34(42)35-13-5-9-17-43(35)50/h2-26H. The topological polar surface area (TPSA) is 61.8 Å². The van der Waals surface area contributed by atoms with Crippen molar-refractivity contribution < 1.29 is 0 Å². The minimum atomic E-state index is 0.531. The molecule has 0 N–H and O–H groups in total. The van der Waals surface area contributed by atoms with Gasteiger partial charge in [0.1, 0.15) is 0 Å². The molecule has 0 saturated heterocycles. The Labute approximate surface area is 288 Å². The summed E-state index contributed by atoms with van der Waals surface area (Å²) in [7, 11) is 0. The zero-order chi connectivity index (χ0) is 33.8. The molecule has 50 heavy (non-hydrogen) atoms. The number of benzene rings is 7. The van der Waals surface area contributed by atoms with E-state index in [-0.39, 0.29) is 0 Å². The minimum absolute atomic E-state index is 0.531. The van der Waals surface area contributed by atoms with E-state index < -0.39 is 0 Å².